The summed E-state index contributed by atoms with van der Waals surface area (Å²) in [6, 6.07) is 0. The van der Waals surface area contributed by atoms with Crippen molar-refractivity contribution in [1.82, 2.24) is 4.90 Å². The molecule has 3 heteroatoms. The van der Waals surface area contributed by atoms with E-state index < -0.39 is 0 Å². The van der Waals surface area contributed by atoms with Gasteiger partial charge in [0.25, 0.3) is 0 Å². The van der Waals surface area contributed by atoms with Crippen LogP contribution in [0.4, 0.5) is 0 Å². The van der Waals surface area contributed by atoms with Crippen LogP contribution in [0, 0.1) is 29.1 Å². The smallest absolute Gasteiger partial charge is 0.225 e. The van der Waals surface area contributed by atoms with E-state index in [1.54, 1.807) is 0 Å². The van der Waals surface area contributed by atoms with E-state index in [4.69, 9.17) is 0 Å². The Morgan fingerprint density at radius 1 is 1.19 bits per heavy atom. The van der Waals surface area contributed by atoms with E-state index >= 15 is 0 Å². The predicted molar refractivity (Wildman–Crippen MR) is 81.6 cm³/mol. The number of carbonyl (C=O) groups is 1. The maximum absolute atomic E-state index is 12.3. The molecule has 0 aromatic carbocycles. The number of aliphatic hydroxyl groups is 1. The molecule has 118 valence electrons. The molecule has 0 aromatic heterocycles. The highest BCUT2D eigenvalue weighted by Crippen LogP contribution is 2.61. The van der Waals surface area contributed by atoms with Crippen LogP contribution in [0.1, 0.15) is 58.3 Å². The van der Waals surface area contributed by atoms with Gasteiger partial charge in [-0.15, -0.1) is 0 Å². The molecule has 3 nitrogen and oxygen atoms in total. The molecular weight excluding hydrogens is 262 g/mol. The maximum Gasteiger partial charge on any atom is 0.225 e. The van der Waals surface area contributed by atoms with E-state index in [2.05, 4.69) is 0 Å². The third-order valence-electron chi connectivity index (χ3n) is 6.98. The van der Waals surface area contributed by atoms with Crippen molar-refractivity contribution in [3.63, 3.8) is 0 Å². The van der Waals surface area contributed by atoms with Gasteiger partial charge in [0.1, 0.15) is 0 Å². The van der Waals surface area contributed by atoms with Crippen molar-refractivity contribution in [3.05, 3.63) is 0 Å². The highest BCUT2D eigenvalue weighted by atomic mass is 16.3. The molecule has 5 aliphatic rings. The summed E-state index contributed by atoms with van der Waals surface area (Å²) in [4.78, 5) is 14.3. The molecule has 4 aliphatic carbocycles. The van der Waals surface area contributed by atoms with Crippen molar-refractivity contribution >= 4 is 5.91 Å². The molecule has 4 bridgehead atoms. The number of hydrogen-bond donors (Lipinski definition) is 1. The Bertz CT molecular complexity index is 398. The fourth-order valence-corrected chi connectivity index (χ4v) is 6.30. The Kier molecular flexibility index (Phi) is 3.33. The van der Waals surface area contributed by atoms with Crippen LogP contribution in [0.5, 0.6) is 0 Å². The summed E-state index contributed by atoms with van der Waals surface area (Å²) >= 11 is 0. The number of hydrogen-bond acceptors (Lipinski definition) is 2. The number of amides is 1. The van der Waals surface area contributed by atoms with Crippen molar-refractivity contribution in [2.24, 2.45) is 29.1 Å². The fraction of sp³-hybridized carbons (Fsp3) is 0.944. The zero-order chi connectivity index (χ0) is 14.6. The number of carbonyl (C=O) groups excluding carboxylic acids is 1. The number of rotatable bonds is 3. The number of piperidine rings is 1. The van der Waals surface area contributed by atoms with Gasteiger partial charge in [0.2, 0.25) is 5.91 Å². The molecule has 0 radical (unpaired) electrons. The van der Waals surface area contributed by atoms with Gasteiger partial charge in [-0.05, 0) is 74.5 Å². The molecule has 1 saturated heterocycles. The summed E-state index contributed by atoms with van der Waals surface area (Å²) in [5, 5.41) is 11.0. The molecule has 0 spiro atoms. The second kappa shape index (κ2) is 4.97. The maximum atomic E-state index is 12.3. The number of β-amino-alcohol motifs (C(OH)–C–C–N with tert-alkyl or cyclic N) is 1. The van der Waals surface area contributed by atoms with Crippen molar-refractivity contribution in [1.29, 1.82) is 0 Å². The summed E-state index contributed by atoms with van der Waals surface area (Å²) < 4.78 is 0. The number of aliphatic hydroxyl groups excluding tert-OH is 1. The second-order valence-corrected chi connectivity index (χ2v) is 8.62. The largest absolute Gasteiger partial charge is 0.391 e. The number of nitrogens with zero attached hydrogens (tertiary/aromatic N) is 1. The molecule has 2 unspecified atom stereocenters. The van der Waals surface area contributed by atoms with Crippen LogP contribution in [0.25, 0.3) is 0 Å². The van der Waals surface area contributed by atoms with E-state index in [-0.39, 0.29) is 23.3 Å². The first-order valence-electron chi connectivity index (χ1n) is 9.02. The molecule has 1 aliphatic heterocycles. The summed E-state index contributed by atoms with van der Waals surface area (Å²) in [7, 11) is 0. The van der Waals surface area contributed by atoms with Crippen LogP contribution in [0.15, 0.2) is 0 Å². The van der Waals surface area contributed by atoms with Crippen LogP contribution in [-0.2, 0) is 4.79 Å². The zero-order valence-electron chi connectivity index (χ0n) is 13.3. The summed E-state index contributed by atoms with van der Waals surface area (Å²) in [6.45, 7) is 3.48. The Balaban J connectivity index is 1.47. The predicted octanol–water partition coefficient (Wildman–Crippen LogP) is 2.82. The Morgan fingerprint density at radius 3 is 2.33 bits per heavy atom. The van der Waals surface area contributed by atoms with Crippen LogP contribution in [-0.4, -0.2) is 35.1 Å². The minimum absolute atomic E-state index is 0.149. The lowest BCUT2D eigenvalue weighted by molar-refractivity contribution is -0.149. The summed E-state index contributed by atoms with van der Waals surface area (Å²) in [6.07, 6.45) is 9.71. The molecule has 5 rings (SSSR count). The first-order valence-corrected chi connectivity index (χ1v) is 9.02. The quantitative estimate of drug-likeness (QED) is 0.868. The average molecular weight is 291 g/mol. The van der Waals surface area contributed by atoms with Gasteiger partial charge in [0.05, 0.1) is 6.10 Å². The van der Waals surface area contributed by atoms with Gasteiger partial charge in [0.15, 0.2) is 0 Å². The summed E-state index contributed by atoms with van der Waals surface area (Å²) in [5.41, 5.74) is 0.149. The standard InChI is InChI=1S/C18H29NO2/c1-12-3-2-4-19(17(12)21)11-16(20)18-8-13-5-14(9-18)7-15(6-13)10-18/h12-16,20H,2-11H2,1H3. The van der Waals surface area contributed by atoms with Gasteiger partial charge >= 0.3 is 0 Å². The zero-order valence-corrected chi connectivity index (χ0v) is 13.3. The SMILES string of the molecule is CC1CCCN(CC(O)C23CC4CC(CC(C4)C2)C3)C1=O. The summed E-state index contributed by atoms with van der Waals surface area (Å²) in [5.74, 6) is 3.01. The van der Waals surface area contributed by atoms with Crippen LogP contribution >= 0.6 is 0 Å². The first kappa shape index (κ1) is 14.0. The van der Waals surface area contributed by atoms with Crippen LogP contribution in [0.2, 0.25) is 0 Å². The molecule has 4 saturated carbocycles. The van der Waals surface area contributed by atoms with E-state index in [0.29, 0.717) is 6.54 Å². The van der Waals surface area contributed by atoms with Crippen molar-refractivity contribution in [3.8, 4) is 0 Å². The van der Waals surface area contributed by atoms with Gasteiger partial charge in [0, 0.05) is 19.0 Å². The van der Waals surface area contributed by atoms with E-state index in [0.717, 1.165) is 37.1 Å². The Morgan fingerprint density at radius 2 is 1.76 bits per heavy atom. The normalized spacial score (nSPS) is 47.0. The third kappa shape index (κ3) is 2.32. The highest BCUT2D eigenvalue weighted by molar-refractivity contribution is 5.79. The minimum atomic E-state index is -0.292. The molecule has 0 aromatic rings. The van der Waals surface area contributed by atoms with Crippen molar-refractivity contribution in [2.75, 3.05) is 13.1 Å². The molecule has 5 fully saturated rings. The second-order valence-electron chi connectivity index (χ2n) is 8.62. The molecular formula is C18H29NO2. The highest BCUT2D eigenvalue weighted by Gasteiger charge is 2.54. The lowest BCUT2D eigenvalue weighted by Crippen LogP contribution is -2.55. The van der Waals surface area contributed by atoms with Crippen molar-refractivity contribution < 1.29 is 9.90 Å². The van der Waals surface area contributed by atoms with Gasteiger partial charge in [-0.1, -0.05) is 6.92 Å². The van der Waals surface area contributed by atoms with E-state index in [1.165, 1.54) is 38.5 Å². The lowest BCUT2D eigenvalue weighted by Gasteiger charge is -2.58. The van der Waals surface area contributed by atoms with Crippen LogP contribution in [0.3, 0.4) is 0 Å². The molecule has 1 heterocycles. The Hall–Kier alpha value is -0.570. The topological polar surface area (TPSA) is 40.5 Å². The van der Waals surface area contributed by atoms with Gasteiger partial charge < -0.3 is 10.0 Å². The minimum Gasteiger partial charge on any atom is -0.391 e. The number of likely N-dealkylation sites (tertiary alicyclic amines) is 1. The molecule has 2 atom stereocenters. The lowest BCUT2D eigenvalue weighted by atomic mass is 9.48. The van der Waals surface area contributed by atoms with Crippen molar-refractivity contribution in [2.45, 2.75) is 64.4 Å². The van der Waals surface area contributed by atoms with Crippen LogP contribution < -0.4 is 0 Å². The third-order valence-corrected chi connectivity index (χ3v) is 6.98. The molecule has 1 N–H and O–H groups in total. The first-order chi connectivity index (χ1) is 10.1. The average Bonchev–Trinajstić information content (AvgIpc) is 2.42. The van der Waals surface area contributed by atoms with E-state index in [1.807, 2.05) is 11.8 Å². The Labute approximate surface area is 128 Å². The monoisotopic (exact) mass is 291 g/mol. The fourth-order valence-electron chi connectivity index (χ4n) is 6.30. The van der Waals surface area contributed by atoms with E-state index in [9.17, 15) is 9.90 Å². The molecule has 21 heavy (non-hydrogen) atoms. The van der Waals surface area contributed by atoms with Gasteiger partial charge in [-0.25, -0.2) is 0 Å². The van der Waals surface area contributed by atoms with Gasteiger partial charge in [-0.2, -0.15) is 0 Å². The molecule has 1 amide bonds. The van der Waals surface area contributed by atoms with Gasteiger partial charge in [-0.3, -0.25) is 4.79 Å².